The SMILES string of the molecule is N#Cc1ccc(OC2CCNC2)cc1Br. The zero-order chi connectivity index (χ0) is 10.7. The number of nitrogens with zero attached hydrogens (tertiary/aromatic N) is 1. The Kier molecular flexibility index (Phi) is 3.24. The van der Waals surface area contributed by atoms with E-state index in [0.29, 0.717) is 5.56 Å². The normalized spacial score (nSPS) is 19.9. The summed E-state index contributed by atoms with van der Waals surface area (Å²) in [7, 11) is 0. The third-order valence-electron chi connectivity index (χ3n) is 2.38. The quantitative estimate of drug-likeness (QED) is 0.892. The first kappa shape index (κ1) is 10.5. The van der Waals surface area contributed by atoms with E-state index in [4.69, 9.17) is 10.00 Å². The van der Waals surface area contributed by atoms with Crippen LogP contribution in [-0.2, 0) is 0 Å². The Balaban J connectivity index is 2.09. The van der Waals surface area contributed by atoms with Crippen molar-refractivity contribution < 1.29 is 4.74 Å². The van der Waals surface area contributed by atoms with Crippen LogP contribution >= 0.6 is 15.9 Å². The summed E-state index contributed by atoms with van der Waals surface area (Å²) in [4.78, 5) is 0. The molecular formula is C11H11BrN2O. The van der Waals surface area contributed by atoms with Gasteiger partial charge in [0, 0.05) is 11.0 Å². The Morgan fingerprint density at radius 2 is 2.40 bits per heavy atom. The van der Waals surface area contributed by atoms with E-state index in [-0.39, 0.29) is 6.10 Å². The number of nitriles is 1. The van der Waals surface area contributed by atoms with Gasteiger partial charge in [-0.3, -0.25) is 0 Å². The van der Waals surface area contributed by atoms with Crippen LogP contribution in [0.25, 0.3) is 0 Å². The van der Waals surface area contributed by atoms with Crippen LogP contribution in [0.15, 0.2) is 22.7 Å². The monoisotopic (exact) mass is 266 g/mol. The fraction of sp³-hybridized carbons (Fsp3) is 0.364. The lowest BCUT2D eigenvalue weighted by molar-refractivity contribution is 0.223. The second-order valence-electron chi connectivity index (χ2n) is 3.49. The minimum absolute atomic E-state index is 0.254. The lowest BCUT2D eigenvalue weighted by Gasteiger charge is -2.12. The Morgan fingerprint density at radius 3 is 3.00 bits per heavy atom. The van der Waals surface area contributed by atoms with Gasteiger partial charge in [0.15, 0.2) is 0 Å². The molecule has 1 aromatic carbocycles. The van der Waals surface area contributed by atoms with Crippen molar-refractivity contribution in [2.24, 2.45) is 0 Å². The maximum atomic E-state index is 8.76. The molecule has 0 saturated carbocycles. The molecule has 4 heteroatoms. The van der Waals surface area contributed by atoms with Crippen molar-refractivity contribution in [3.63, 3.8) is 0 Å². The molecular weight excluding hydrogens is 256 g/mol. The zero-order valence-electron chi connectivity index (χ0n) is 8.16. The predicted molar refractivity (Wildman–Crippen MR) is 60.8 cm³/mol. The predicted octanol–water partition coefficient (Wildman–Crippen LogP) is 2.06. The fourth-order valence-corrected chi connectivity index (χ4v) is 2.03. The van der Waals surface area contributed by atoms with Gasteiger partial charge in [-0.2, -0.15) is 5.26 Å². The molecule has 78 valence electrons. The van der Waals surface area contributed by atoms with Crippen LogP contribution in [0.1, 0.15) is 12.0 Å². The molecule has 0 aromatic heterocycles. The molecule has 0 radical (unpaired) electrons. The maximum Gasteiger partial charge on any atom is 0.121 e. The van der Waals surface area contributed by atoms with E-state index >= 15 is 0 Å². The van der Waals surface area contributed by atoms with E-state index in [1.165, 1.54) is 0 Å². The van der Waals surface area contributed by atoms with Crippen molar-refractivity contribution in [1.29, 1.82) is 5.26 Å². The highest BCUT2D eigenvalue weighted by Crippen LogP contribution is 2.23. The van der Waals surface area contributed by atoms with Gasteiger partial charge in [-0.1, -0.05) is 0 Å². The van der Waals surface area contributed by atoms with Gasteiger partial charge < -0.3 is 10.1 Å². The average Bonchev–Trinajstić information content (AvgIpc) is 2.71. The fourth-order valence-electron chi connectivity index (χ4n) is 1.58. The summed E-state index contributed by atoms with van der Waals surface area (Å²) in [6, 6.07) is 7.55. The third kappa shape index (κ3) is 2.49. The Morgan fingerprint density at radius 1 is 1.53 bits per heavy atom. The summed E-state index contributed by atoms with van der Waals surface area (Å²) in [5, 5.41) is 12.0. The molecule has 0 bridgehead atoms. The van der Waals surface area contributed by atoms with Gasteiger partial charge in [0.2, 0.25) is 0 Å². The van der Waals surface area contributed by atoms with Gasteiger partial charge >= 0.3 is 0 Å². The topological polar surface area (TPSA) is 45.0 Å². The van der Waals surface area contributed by atoms with Crippen LogP contribution in [0.5, 0.6) is 5.75 Å². The minimum Gasteiger partial charge on any atom is -0.489 e. The van der Waals surface area contributed by atoms with Crippen LogP contribution in [0.3, 0.4) is 0 Å². The standard InChI is InChI=1S/C11H11BrN2O/c12-11-5-9(2-1-8(11)6-13)15-10-3-4-14-7-10/h1-2,5,10,14H,3-4,7H2. The van der Waals surface area contributed by atoms with Crippen LogP contribution in [0, 0.1) is 11.3 Å². The summed E-state index contributed by atoms with van der Waals surface area (Å²) >= 11 is 3.34. The molecule has 0 aliphatic carbocycles. The molecule has 0 amide bonds. The van der Waals surface area contributed by atoms with Crippen molar-refractivity contribution >= 4 is 15.9 Å². The first-order valence-corrected chi connectivity index (χ1v) is 5.66. The second-order valence-corrected chi connectivity index (χ2v) is 4.34. The molecule has 1 heterocycles. The Labute approximate surface area is 97.2 Å². The second kappa shape index (κ2) is 4.65. The van der Waals surface area contributed by atoms with Crippen LogP contribution in [-0.4, -0.2) is 19.2 Å². The van der Waals surface area contributed by atoms with Gasteiger partial charge in [-0.15, -0.1) is 0 Å². The van der Waals surface area contributed by atoms with Crippen LogP contribution in [0.4, 0.5) is 0 Å². The highest BCUT2D eigenvalue weighted by molar-refractivity contribution is 9.10. The molecule has 1 unspecified atom stereocenters. The van der Waals surface area contributed by atoms with E-state index in [1.807, 2.05) is 12.1 Å². The molecule has 1 N–H and O–H groups in total. The molecule has 2 rings (SSSR count). The van der Waals surface area contributed by atoms with E-state index in [1.54, 1.807) is 6.07 Å². The van der Waals surface area contributed by atoms with E-state index in [9.17, 15) is 0 Å². The largest absolute Gasteiger partial charge is 0.489 e. The summed E-state index contributed by atoms with van der Waals surface area (Å²) in [6.45, 7) is 1.92. The summed E-state index contributed by atoms with van der Waals surface area (Å²) in [5.41, 5.74) is 0.631. The van der Waals surface area contributed by atoms with E-state index < -0.39 is 0 Å². The van der Waals surface area contributed by atoms with Crippen LogP contribution in [0.2, 0.25) is 0 Å². The molecule has 1 aliphatic rings. The molecule has 1 fully saturated rings. The Hall–Kier alpha value is -1.05. The maximum absolute atomic E-state index is 8.76. The number of halogens is 1. The summed E-state index contributed by atoms with van der Waals surface area (Å²) in [6.07, 6.45) is 1.29. The number of hydrogen-bond donors (Lipinski definition) is 1. The first-order valence-electron chi connectivity index (χ1n) is 4.86. The molecule has 15 heavy (non-hydrogen) atoms. The number of ether oxygens (including phenoxy) is 1. The van der Waals surface area contributed by atoms with E-state index in [0.717, 1.165) is 29.7 Å². The Bertz CT molecular complexity index is 394. The minimum atomic E-state index is 0.254. The highest BCUT2D eigenvalue weighted by Gasteiger charge is 2.16. The van der Waals surface area contributed by atoms with E-state index in [2.05, 4.69) is 27.3 Å². The van der Waals surface area contributed by atoms with Crippen molar-refractivity contribution in [1.82, 2.24) is 5.32 Å². The van der Waals surface area contributed by atoms with Gasteiger partial charge in [0.25, 0.3) is 0 Å². The van der Waals surface area contributed by atoms with Gasteiger partial charge in [-0.05, 0) is 47.1 Å². The lowest BCUT2D eigenvalue weighted by Crippen LogP contribution is -2.19. The smallest absolute Gasteiger partial charge is 0.121 e. The molecule has 3 nitrogen and oxygen atoms in total. The summed E-state index contributed by atoms with van der Waals surface area (Å²) in [5.74, 6) is 0.814. The summed E-state index contributed by atoms with van der Waals surface area (Å²) < 4.78 is 6.54. The molecule has 1 saturated heterocycles. The number of hydrogen-bond acceptors (Lipinski definition) is 3. The van der Waals surface area contributed by atoms with Crippen molar-refractivity contribution in [2.45, 2.75) is 12.5 Å². The molecule has 1 aliphatic heterocycles. The average molecular weight is 267 g/mol. The van der Waals surface area contributed by atoms with Gasteiger partial charge in [0.05, 0.1) is 5.56 Å². The zero-order valence-corrected chi connectivity index (χ0v) is 9.75. The third-order valence-corrected chi connectivity index (χ3v) is 3.03. The lowest BCUT2D eigenvalue weighted by atomic mass is 10.2. The first-order chi connectivity index (χ1) is 7.29. The van der Waals surface area contributed by atoms with Crippen molar-refractivity contribution in [3.05, 3.63) is 28.2 Å². The van der Waals surface area contributed by atoms with Gasteiger partial charge in [-0.25, -0.2) is 0 Å². The number of benzene rings is 1. The highest BCUT2D eigenvalue weighted by atomic mass is 79.9. The molecule has 1 aromatic rings. The van der Waals surface area contributed by atoms with Crippen molar-refractivity contribution in [2.75, 3.05) is 13.1 Å². The molecule has 0 spiro atoms. The van der Waals surface area contributed by atoms with Gasteiger partial charge in [0.1, 0.15) is 17.9 Å². The number of rotatable bonds is 2. The molecule has 1 atom stereocenters. The van der Waals surface area contributed by atoms with Crippen molar-refractivity contribution in [3.8, 4) is 11.8 Å². The number of nitrogens with one attached hydrogen (secondary N) is 1. The van der Waals surface area contributed by atoms with Crippen LogP contribution < -0.4 is 10.1 Å².